The van der Waals surface area contributed by atoms with Crippen molar-refractivity contribution in [3.8, 4) is 0 Å². The van der Waals surface area contributed by atoms with Gasteiger partial charge < -0.3 is 15.9 Å². The quantitative estimate of drug-likeness (QED) is 0.631. The number of carboxylic acids is 1. The predicted octanol–water partition coefficient (Wildman–Crippen LogP) is 0.00190. The van der Waals surface area contributed by atoms with Crippen molar-refractivity contribution in [3.63, 3.8) is 0 Å². The highest BCUT2D eigenvalue weighted by molar-refractivity contribution is 5.72. The normalized spacial score (nSPS) is 14.7. The molecule has 0 bridgehead atoms. The van der Waals surface area contributed by atoms with Crippen LogP contribution in [0.25, 0.3) is 0 Å². The summed E-state index contributed by atoms with van der Waals surface area (Å²) in [6.07, 6.45) is -1.15. The third-order valence-corrected chi connectivity index (χ3v) is 1.97. The maximum atomic E-state index is 10.4. The van der Waals surface area contributed by atoms with Crippen molar-refractivity contribution in [1.82, 2.24) is 0 Å². The fourth-order valence-corrected chi connectivity index (χ4v) is 1.18. The zero-order chi connectivity index (χ0) is 10.6. The summed E-state index contributed by atoms with van der Waals surface area (Å²) in [6.45, 7) is 0. The van der Waals surface area contributed by atoms with Crippen molar-refractivity contribution in [2.24, 2.45) is 5.73 Å². The van der Waals surface area contributed by atoms with Crippen LogP contribution in [0.15, 0.2) is 30.3 Å². The van der Waals surface area contributed by atoms with Gasteiger partial charge in [0.1, 0.15) is 0 Å². The Morgan fingerprint density at radius 1 is 1.36 bits per heavy atom. The molecule has 76 valence electrons. The molecule has 4 nitrogen and oxygen atoms in total. The zero-order valence-electron chi connectivity index (χ0n) is 7.63. The third-order valence-electron chi connectivity index (χ3n) is 1.97. The Kier molecular flexibility index (Phi) is 3.62. The molecule has 4 N–H and O–H groups in total. The summed E-state index contributed by atoms with van der Waals surface area (Å²) < 4.78 is 0. The van der Waals surface area contributed by atoms with Crippen molar-refractivity contribution in [1.29, 1.82) is 0 Å². The number of hydrogen-bond donors (Lipinski definition) is 3. The fourth-order valence-electron chi connectivity index (χ4n) is 1.18. The van der Waals surface area contributed by atoms with Gasteiger partial charge in [-0.1, -0.05) is 30.3 Å². The van der Waals surface area contributed by atoms with Crippen LogP contribution in [0.1, 0.15) is 5.56 Å². The van der Waals surface area contributed by atoms with Crippen LogP contribution >= 0.6 is 0 Å². The lowest BCUT2D eigenvalue weighted by Crippen LogP contribution is -2.41. The summed E-state index contributed by atoms with van der Waals surface area (Å²) in [7, 11) is 0. The third kappa shape index (κ3) is 2.83. The first kappa shape index (κ1) is 10.7. The van der Waals surface area contributed by atoms with Crippen LogP contribution < -0.4 is 5.73 Å². The van der Waals surface area contributed by atoms with Gasteiger partial charge >= 0.3 is 5.97 Å². The maximum Gasteiger partial charge on any atom is 0.334 e. The minimum atomic E-state index is -1.50. The molecule has 0 saturated heterocycles. The van der Waals surface area contributed by atoms with E-state index >= 15 is 0 Å². The van der Waals surface area contributed by atoms with Crippen LogP contribution in [-0.2, 0) is 11.2 Å². The Bertz CT molecular complexity index is 299. The van der Waals surface area contributed by atoms with E-state index in [1.165, 1.54) is 0 Å². The number of hydrogen-bond acceptors (Lipinski definition) is 3. The lowest BCUT2D eigenvalue weighted by molar-refractivity contribution is -0.147. The molecule has 0 aromatic heterocycles. The van der Waals surface area contributed by atoms with E-state index in [0.717, 1.165) is 5.56 Å². The molecule has 0 radical (unpaired) electrons. The average Bonchev–Trinajstić information content (AvgIpc) is 2.18. The summed E-state index contributed by atoms with van der Waals surface area (Å²) in [5.74, 6) is -1.28. The number of rotatable bonds is 4. The van der Waals surface area contributed by atoms with Gasteiger partial charge in [0.25, 0.3) is 0 Å². The molecule has 0 heterocycles. The monoisotopic (exact) mass is 195 g/mol. The Hall–Kier alpha value is -1.39. The number of aliphatic hydroxyl groups is 1. The highest BCUT2D eigenvalue weighted by atomic mass is 16.4. The van der Waals surface area contributed by atoms with Crippen molar-refractivity contribution >= 4 is 5.97 Å². The second-order valence-corrected chi connectivity index (χ2v) is 3.14. The first-order chi connectivity index (χ1) is 6.61. The molecular formula is C10H13NO3. The lowest BCUT2D eigenvalue weighted by Gasteiger charge is -2.14. The summed E-state index contributed by atoms with van der Waals surface area (Å²) in [5.41, 5.74) is 6.44. The second-order valence-electron chi connectivity index (χ2n) is 3.14. The van der Waals surface area contributed by atoms with Crippen molar-refractivity contribution < 1.29 is 15.0 Å². The van der Waals surface area contributed by atoms with Gasteiger partial charge in [-0.05, 0) is 12.0 Å². The zero-order valence-corrected chi connectivity index (χ0v) is 7.63. The van der Waals surface area contributed by atoms with Gasteiger partial charge in [0.15, 0.2) is 6.10 Å². The van der Waals surface area contributed by atoms with Crippen LogP contribution in [0.4, 0.5) is 0 Å². The number of benzene rings is 1. The van der Waals surface area contributed by atoms with E-state index in [2.05, 4.69) is 0 Å². The highest BCUT2D eigenvalue weighted by Gasteiger charge is 2.21. The van der Waals surface area contributed by atoms with Gasteiger partial charge in [-0.3, -0.25) is 0 Å². The lowest BCUT2D eigenvalue weighted by atomic mass is 10.0. The number of aliphatic carboxylic acids is 1. The molecule has 4 heteroatoms. The van der Waals surface area contributed by atoms with E-state index in [9.17, 15) is 4.79 Å². The largest absolute Gasteiger partial charge is 0.479 e. The second kappa shape index (κ2) is 4.74. The predicted molar refractivity (Wildman–Crippen MR) is 51.8 cm³/mol. The van der Waals surface area contributed by atoms with Gasteiger partial charge in [-0.2, -0.15) is 0 Å². The molecule has 0 fully saturated rings. The molecule has 1 rings (SSSR count). The van der Waals surface area contributed by atoms with Crippen LogP contribution in [0.2, 0.25) is 0 Å². The van der Waals surface area contributed by atoms with Crippen LogP contribution in [-0.4, -0.2) is 28.3 Å². The Morgan fingerprint density at radius 3 is 2.43 bits per heavy atom. The van der Waals surface area contributed by atoms with Crippen LogP contribution in [0, 0.1) is 0 Å². The summed E-state index contributed by atoms with van der Waals surface area (Å²) >= 11 is 0. The molecule has 1 aromatic rings. The standard InChI is InChI=1S/C10H13NO3/c11-8(9(12)10(13)14)6-7-4-2-1-3-5-7/h1-5,8-9,12H,6,11H2,(H,13,14)/t8?,9-/m0/s1. The van der Waals surface area contributed by atoms with E-state index in [1.54, 1.807) is 0 Å². The Morgan fingerprint density at radius 2 is 1.93 bits per heavy atom. The number of carbonyl (C=O) groups is 1. The van der Waals surface area contributed by atoms with Gasteiger partial charge in [0, 0.05) is 6.04 Å². The molecule has 0 spiro atoms. The molecule has 1 aromatic carbocycles. The highest BCUT2D eigenvalue weighted by Crippen LogP contribution is 2.04. The molecule has 0 aliphatic carbocycles. The number of carboxylic acid groups (broad SMARTS) is 1. The molecule has 0 aliphatic heterocycles. The molecule has 14 heavy (non-hydrogen) atoms. The molecule has 2 atom stereocenters. The fraction of sp³-hybridized carbons (Fsp3) is 0.300. The van der Waals surface area contributed by atoms with Crippen LogP contribution in [0.3, 0.4) is 0 Å². The molecule has 1 unspecified atom stereocenters. The van der Waals surface area contributed by atoms with Gasteiger partial charge in [0.05, 0.1) is 0 Å². The number of aliphatic hydroxyl groups excluding tert-OH is 1. The van der Waals surface area contributed by atoms with Gasteiger partial charge in [-0.25, -0.2) is 4.79 Å². The Labute approximate surface area is 82.0 Å². The first-order valence-corrected chi connectivity index (χ1v) is 4.31. The maximum absolute atomic E-state index is 10.4. The SMILES string of the molecule is NC(Cc1ccccc1)[C@H](O)C(=O)O. The molecular weight excluding hydrogens is 182 g/mol. The van der Waals surface area contributed by atoms with E-state index < -0.39 is 18.1 Å². The van der Waals surface area contributed by atoms with E-state index in [1.807, 2.05) is 30.3 Å². The summed E-state index contributed by atoms with van der Waals surface area (Å²) in [6, 6.07) is 8.46. The average molecular weight is 195 g/mol. The van der Waals surface area contributed by atoms with E-state index in [4.69, 9.17) is 15.9 Å². The topological polar surface area (TPSA) is 83.5 Å². The van der Waals surface area contributed by atoms with E-state index in [-0.39, 0.29) is 0 Å². The molecule has 0 aliphatic rings. The minimum Gasteiger partial charge on any atom is -0.479 e. The van der Waals surface area contributed by atoms with E-state index in [0.29, 0.717) is 6.42 Å². The van der Waals surface area contributed by atoms with Gasteiger partial charge in [-0.15, -0.1) is 0 Å². The Balaban J connectivity index is 2.57. The van der Waals surface area contributed by atoms with Gasteiger partial charge in [0.2, 0.25) is 0 Å². The first-order valence-electron chi connectivity index (χ1n) is 4.31. The minimum absolute atomic E-state index is 0.355. The van der Waals surface area contributed by atoms with Crippen molar-refractivity contribution in [2.75, 3.05) is 0 Å². The number of nitrogens with two attached hydrogens (primary N) is 1. The summed E-state index contributed by atoms with van der Waals surface area (Å²) in [4.78, 5) is 10.4. The molecule has 0 saturated carbocycles. The van der Waals surface area contributed by atoms with Crippen molar-refractivity contribution in [3.05, 3.63) is 35.9 Å². The van der Waals surface area contributed by atoms with Crippen molar-refractivity contribution in [2.45, 2.75) is 18.6 Å². The smallest absolute Gasteiger partial charge is 0.334 e. The summed E-state index contributed by atoms with van der Waals surface area (Å²) in [5, 5.41) is 17.6. The molecule has 0 amide bonds. The van der Waals surface area contributed by atoms with Crippen LogP contribution in [0.5, 0.6) is 0 Å².